The zero-order chi connectivity index (χ0) is 15.6. The summed E-state index contributed by atoms with van der Waals surface area (Å²) in [5.74, 6) is -1.12. The van der Waals surface area contributed by atoms with Crippen molar-refractivity contribution in [2.24, 2.45) is 0 Å². The third-order valence-corrected chi connectivity index (χ3v) is 2.65. The van der Waals surface area contributed by atoms with Crippen molar-refractivity contribution in [3.8, 4) is 0 Å². The number of hydrogen-bond acceptors (Lipinski definition) is 5. The van der Waals surface area contributed by atoms with Crippen molar-refractivity contribution >= 4 is 17.3 Å². The number of nitrogens with zero attached hydrogens (tertiary/aromatic N) is 3. The highest BCUT2D eigenvalue weighted by molar-refractivity contribution is 6.01. The number of nitro benzene ring substituents is 1. The molecule has 2 rings (SSSR count). The summed E-state index contributed by atoms with van der Waals surface area (Å²) in [6.07, 6.45) is 0. The lowest BCUT2D eigenvalue weighted by atomic mass is 10.2. The second-order valence-corrected chi connectivity index (χ2v) is 4.58. The maximum Gasteiger partial charge on any atom is 0.304 e. The Balaban J connectivity index is 2.15. The molecule has 0 aliphatic heterocycles. The number of amides is 1. The van der Waals surface area contributed by atoms with E-state index < -0.39 is 22.3 Å². The molecule has 1 aromatic carbocycles. The Morgan fingerprint density at radius 3 is 2.71 bits per heavy atom. The number of hydrogen-bond donors (Lipinski definition) is 2. The number of rotatable bonds is 4. The maximum atomic E-state index is 13.4. The number of H-pyrrole nitrogens is 1. The van der Waals surface area contributed by atoms with Crippen LogP contribution in [0.5, 0.6) is 0 Å². The molecule has 0 fully saturated rings. The van der Waals surface area contributed by atoms with E-state index in [4.69, 9.17) is 0 Å². The fraction of sp³-hybridized carbons (Fsp3) is 0.250. The summed E-state index contributed by atoms with van der Waals surface area (Å²) in [7, 11) is 0. The molecule has 8 nitrogen and oxygen atoms in total. The van der Waals surface area contributed by atoms with Gasteiger partial charge < -0.3 is 5.32 Å². The Kier molecular flexibility index (Phi) is 3.92. The minimum atomic E-state index is -1.03. The molecule has 0 radical (unpaired) electrons. The number of nitrogens with one attached hydrogen (secondary N) is 2. The van der Waals surface area contributed by atoms with Crippen LogP contribution in [0.15, 0.2) is 18.2 Å². The third-order valence-electron chi connectivity index (χ3n) is 2.65. The summed E-state index contributed by atoms with van der Waals surface area (Å²) in [5.41, 5.74) is -0.577. The van der Waals surface area contributed by atoms with Gasteiger partial charge in [-0.1, -0.05) is 13.8 Å². The number of nitro groups is 1. The van der Waals surface area contributed by atoms with E-state index in [1.54, 1.807) is 0 Å². The molecule has 2 N–H and O–H groups in total. The van der Waals surface area contributed by atoms with E-state index in [-0.39, 0.29) is 17.4 Å². The monoisotopic (exact) mass is 293 g/mol. The summed E-state index contributed by atoms with van der Waals surface area (Å²) >= 11 is 0. The molecule has 0 aliphatic rings. The lowest BCUT2D eigenvalue weighted by molar-refractivity contribution is -0.387. The van der Waals surface area contributed by atoms with Crippen molar-refractivity contribution in [2.45, 2.75) is 19.8 Å². The minimum absolute atomic E-state index is 0.0795. The van der Waals surface area contributed by atoms with Gasteiger partial charge in [-0.05, 0) is 6.07 Å². The van der Waals surface area contributed by atoms with E-state index in [1.165, 1.54) is 6.07 Å². The highest BCUT2D eigenvalue weighted by Crippen LogP contribution is 2.21. The normalized spacial score (nSPS) is 10.7. The molecule has 0 unspecified atom stereocenters. The highest BCUT2D eigenvalue weighted by atomic mass is 19.1. The van der Waals surface area contributed by atoms with Crippen LogP contribution in [0.2, 0.25) is 0 Å². The first-order valence-electron chi connectivity index (χ1n) is 6.06. The van der Waals surface area contributed by atoms with Crippen LogP contribution in [-0.4, -0.2) is 26.0 Å². The van der Waals surface area contributed by atoms with Crippen molar-refractivity contribution in [3.05, 3.63) is 45.8 Å². The van der Waals surface area contributed by atoms with Crippen LogP contribution < -0.4 is 5.32 Å². The number of carbonyl (C=O) groups excluding carboxylic acids is 1. The van der Waals surface area contributed by atoms with Crippen LogP contribution in [0.25, 0.3) is 0 Å². The van der Waals surface area contributed by atoms with Gasteiger partial charge in [-0.3, -0.25) is 20.0 Å². The average Bonchev–Trinajstić information content (AvgIpc) is 2.88. The van der Waals surface area contributed by atoms with Crippen molar-refractivity contribution in [1.29, 1.82) is 0 Å². The number of benzene rings is 1. The SMILES string of the molecule is CC(C)c1nc(C(=O)Nc2ccc([N+](=O)[O-])c(F)c2)n[nH]1. The molecule has 1 heterocycles. The summed E-state index contributed by atoms with van der Waals surface area (Å²) in [6.45, 7) is 3.77. The molecule has 0 aliphatic carbocycles. The predicted molar refractivity (Wildman–Crippen MR) is 71.5 cm³/mol. The van der Waals surface area contributed by atoms with Gasteiger partial charge in [0.25, 0.3) is 5.91 Å². The topological polar surface area (TPSA) is 114 Å². The van der Waals surface area contributed by atoms with Crippen LogP contribution in [0.4, 0.5) is 15.8 Å². The van der Waals surface area contributed by atoms with Crippen molar-refractivity contribution < 1.29 is 14.1 Å². The minimum Gasteiger partial charge on any atom is -0.319 e. The zero-order valence-electron chi connectivity index (χ0n) is 11.3. The number of aromatic nitrogens is 3. The smallest absolute Gasteiger partial charge is 0.304 e. The van der Waals surface area contributed by atoms with Gasteiger partial charge in [-0.15, -0.1) is 5.10 Å². The molecule has 0 atom stereocenters. The third kappa shape index (κ3) is 3.19. The molecule has 1 aromatic heterocycles. The van der Waals surface area contributed by atoms with Crippen LogP contribution >= 0.6 is 0 Å². The highest BCUT2D eigenvalue weighted by Gasteiger charge is 2.17. The Bertz CT molecular complexity index is 698. The van der Waals surface area contributed by atoms with Gasteiger partial charge in [-0.2, -0.15) is 4.39 Å². The fourth-order valence-corrected chi connectivity index (χ4v) is 1.55. The second-order valence-electron chi connectivity index (χ2n) is 4.58. The van der Waals surface area contributed by atoms with E-state index in [9.17, 15) is 19.3 Å². The Labute approximate surface area is 118 Å². The molecule has 1 amide bonds. The van der Waals surface area contributed by atoms with Crippen LogP contribution in [0, 0.1) is 15.9 Å². The van der Waals surface area contributed by atoms with Gasteiger partial charge >= 0.3 is 5.69 Å². The number of carbonyl (C=O) groups is 1. The molecule has 0 saturated heterocycles. The summed E-state index contributed by atoms with van der Waals surface area (Å²) in [6, 6.07) is 3.07. The van der Waals surface area contributed by atoms with Gasteiger partial charge in [0.15, 0.2) is 0 Å². The molecular weight excluding hydrogens is 281 g/mol. The first-order chi connectivity index (χ1) is 9.88. The van der Waals surface area contributed by atoms with Gasteiger partial charge in [0.1, 0.15) is 5.82 Å². The largest absolute Gasteiger partial charge is 0.319 e. The van der Waals surface area contributed by atoms with Gasteiger partial charge in [-0.25, -0.2) is 4.98 Å². The number of anilines is 1. The van der Waals surface area contributed by atoms with Gasteiger partial charge in [0.05, 0.1) is 4.92 Å². The van der Waals surface area contributed by atoms with Crippen molar-refractivity contribution in [1.82, 2.24) is 15.2 Å². The molecular formula is C12H12FN5O3. The first kappa shape index (κ1) is 14.6. The van der Waals surface area contributed by atoms with Crippen molar-refractivity contribution in [3.63, 3.8) is 0 Å². The van der Waals surface area contributed by atoms with Crippen molar-refractivity contribution in [2.75, 3.05) is 5.32 Å². The molecule has 0 saturated carbocycles. The van der Waals surface area contributed by atoms with Gasteiger partial charge in [0, 0.05) is 23.7 Å². The molecule has 2 aromatic rings. The molecule has 0 bridgehead atoms. The Hall–Kier alpha value is -2.84. The lowest BCUT2D eigenvalue weighted by Crippen LogP contribution is -2.14. The Morgan fingerprint density at radius 1 is 1.48 bits per heavy atom. The first-order valence-corrected chi connectivity index (χ1v) is 6.06. The van der Waals surface area contributed by atoms with E-state index in [0.29, 0.717) is 5.82 Å². The van der Waals surface area contributed by atoms with Gasteiger partial charge in [0.2, 0.25) is 11.6 Å². The molecule has 110 valence electrons. The zero-order valence-corrected chi connectivity index (χ0v) is 11.3. The van der Waals surface area contributed by atoms with E-state index in [2.05, 4.69) is 20.5 Å². The van der Waals surface area contributed by atoms with E-state index in [0.717, 1.165) is 12.1 Å². The van der Waals surface area contributed by atoms with Crippen LogP contribution in [0.3, 0.4) is 0 Å². The maximum absolute atomic E-state index is 13.4. The number of halogens is 1. The molecule has 9 heteroatoms. The standard InChI is InChI=1S/C12H12FN5O3/c1-6(2)10-15-11(17-16-10)12(19)14-7-3-4-9(18(20)21)8(13)5-7/h3-6H,1-2H3,(H,14,19)(H,15,16,17). The van der Waals surface area contributed by atoms with E-state index >= 15 is 0 Å². The van der Waals surface area contributed by atoms with Crippen LogP contribution in [0.1, 0.15) is 36.2 Å². The lowest BCUT2D eigenvalue weighted by Gasteiger charge is -2.02. The Morgan fingerprint density at radius 2 is 2.19 bits per heavy atom. The summed E-state index contributed by atoms with van der Waals surface area (Å²) < 4.78 is 13.4. The fourth-order valence-electron chi connectivity index (χ4n) is 1.55. The average molecular weight is 293 g/mol. The second kappa shape index (κ2) is 5.65. The quantitative estimate of drug-likeness (QED) is 0.662. The van der Waals surface area contributed by atoms with E-state index in [1.807, 2.05) is 13.8 Å². The summed E-state index contributed by atoms with van der Waals surface area (Å²) in [4.78, 5) is 25.5. The summed E-state index contributed by atoms with van der Waals surface area (Å²) in [5, 5.41) is 19.2. The molecule has 21 heavy (non-hydrogen) atoms. The predicted octanol–water partition coefficient (Wildman–Crippen LogP) is 2.23. The molecule has 0 spiro atoms. The van der Waals surface area contributed by atoms with Crippen LogP contribution in [-0.2, 0) is 0 Å². The number of aromatic amines is 1.